The van der Waals surface area contributed by atoms with Gasteiger partial charge in [-0.05, 0) is 24.6 Å². The molecule has 1 unspecified atom stereocenters. The number of H-pyrrole nitrogens is 1. The first kappa shape index (κ1) is 25.3. The number of rotatable bonds is 7. The number of nitrogens with one attached hydrogen (secondary N) is 2. The summed E-state index contributed by atoms with van der Waals surface area (Å²) in [7, 11) is 3.82. The number of hydrogen-bond acceptors (Lipinski definition) is 5. The Morgan fingerprint density at radius 1 is 1.21 bits per heavy atom. The number of ether oxygens (including phenoxy) is 1. The van der Waals surface area contributed by atoms with Gasteiger partial charge in [-0.2, -0.15) is 0 Å². The van der Waals surface area contributed by atoms with Gasteiger partial charge in [0.1, 0.15) is 17.3 Å². The van der Waals surface area contributed by atoms with Gasteiger partial charge in [0.2, 0.25) is 0 Å². The lowest BCUT2D eigenvalue weighted by Gasteiger charge is -2.34. The van der Waals surface area contributed by atoms with E-state index in [0.717, 1.165) is 60.9 Å². The fourth-order valence-electron chi connectivity index (χ4n) is 4.01. The second-order valence-electron chi connectivity index (χ2n) is 8.01. The lowest BCUT2D eigenvalue weighted by atomic mass is 10.1. The lowest BCUT2D eigenvalue weighted by Crippen LogP contribution is -2.46. The molecule has 1 atom stereocenters. The van der Waals surface area contributed by atoms with Gasteiger partial charge >= 0.3 is 0 Å². The molecule has 8 nitrogen and oxygen atoms in total. The van der Waals surface area contributed by atoms with Crippen LogP contribution in [0.4, 0.5) is 0 Å². The number of aromatic amines is 1. The maximum atomic E-state index is 5.97. The SMILES string of the molecule is CN=C(NCC(c1ccc(C)o1)N1CCOCC1)N(C)Cc1ncc(-c2ccccc2)[nH]1.I. The van der Waals surface area contributed by atoms with Gasteiger partial charge in [0.05, 0.1) is 37.7 Å². The number of nitrogens with zero attached hydrogens (tertiary/aromatic N) is 4. The summed E-state index contributed by atoms with van der Waals surface area (Å²) >= 11 is 0. The number of halogens is 1. The van der Waals surface area contributed by atoms with Crippen molar-refractivity contribution in [2.24, 2.45) is 4.99 Å². The Balaban J connectivity index is 0.00000306. The number of furan rings is 1. The van der Waals surface area contributed by atoms with Crippen LogP contribution in [0.2, 0.25) is 0 Å². The van der Waals surface area contributed by atoms with E-state index in [1.165, 1.54) is 0 Å². The molecule has 0 radical (unpaired) electrons. The Labute approximate surface area is 212 Å². The molecule has 0 spiro atoms. The highest BCUT2D eigenvalue weighted by Crippen LogP contribution is 2.23. The molecule has 1 saturated heterocycles. The molecule has 2 N–H and O–H groups in total. The van der Waals surface area contributed by atoms with Crippen molar-refractivity contribution in [3.8, 4) is 11.3 Å². The summed E-state index contributed by atoms with van der Waals surface area (Å²) in [5.74, 6) is 3.59. The van der Waals surface area contributed by atoms with Crippen LogP contribution in [0, 0.1) is 6.92 Å². The number of aliphatic imine (C=N–C) groups is 1. The monoisotopic (exact) mass is 564 g/mol. The molecule has 3 heterocycles. The number of imidazole rings is 1. The maximum absolute atomic E-state index is 5.97. The minimum atomic E-state index is 0. The van der Waals surface area contributed by atoms with E-state index in [0.29, 0.717) is 13.1 Å². The van der Waals surface area contributed by atoms with E-state index in [1.807, 2.05) is 44.4 Å². The lowest BCUT2D eigenvalue weighted by molar-refractivity contribution is 0.0123. The van der Waals surface area contributed by atoms with Crippen molar-refractivity contribution in [2.45, 2.75) is 19.5 Å². The maximum Gasteiger partial charge on any atom is 0.193 e. The highest BCUT2D eigenvalue weighted by molar-refractivity contribution is 14.0. The average Bonchev–Trinajstić information content (AvgIpc) is 3.47. The van der Waals surface area contributed by atoms with Crippen molar-refractivity contribution in [3.05, 3.63) is 66.0 Å². The molecule has 1 aliphatic rings. The Morgan fingerprint density at radius 2 is 1.97 bits per heavy atom. The molecule has 3 aromatic rings. The molecule has 33 heavy (non-hydrogen) atoms. The van der Waals surface area contributed by atoms with Gasteiger partial charge in [-0.25, -0.2) is 4.98 Å². The predicted octanol–water partition coefficient (Wildman–Crippen LogP) is 3.68. The van der Waals surface area contributed by atoms with Crippen LogP contribution in [0.25, 0.3) is 11.3 Å². The first-order valence-corrected chi connectivity index (χ1v) is 11.0. The first-order chi connectivity index (χ1) is 15.6. The molecule has 1 fully saturated rings. The number of aryl methyl sites for hydroxylation is 1. The largest absolute Gasteiger partial charge is 0.465 e. The van der Waals surface area contributed by atoms with Gasteiger partial charge in [0, 0.05) is 33.7 Å². The molecular formula is C24H33IN6O2. The smallest absolute Gasteiger partial charge is 0.193 e. The standard InChI is InChI=1S/C24H32N6O2.HI/c1-18-9-10-22(32-18)21(30-11-13-31-14-12-30)16-27-24(25-2)29(3)17-23-26-15-20(28-23)19-7-5-4-6-8-19;/h4-10,15,21H,11-14,16-17H2,1-3H3,(H,25,27)(H,26,28);1H. The predicted molar refractivity (Wildman–Crippen MR) is 141 cm³/mol. The second kappa shape index (κ2) is 12.2. The van der Waals surface area contributed by atoms with Crippen LogP contribution in [0.1, 0.15) is 23.4 Å². The molecule has 178 valence electrons. The molecule has 2 aromatic heterocycles. The zero-order valence-corrected chi connectivity index (χ0v) is 21.8. The molecule has 0 saturated carbocycles. The van der Waals surface area contributed by atoms with E-state index < -0.39 is 0 Å². The molecule has 0 bridgehead atoms. The van der Waals surface area contributed by atoms with Crippen molar-refractivity contribution in [3.63, 3.8) is 0 Å². The fourth-order valence-corrected chi connectivity index (χ4v) is 4.01. The third kappa shape index (κ3) is 6.58. The zero-order valence-electron chi connectivity index (χ0n) is 19.5. The molecular weight excluding hydrogens is 531 g/mol. The summed E-state index contributed by atoms with van der Waals surface area (Å²) in [6.45, 7) is 6.55. The molecule has 0 amide bonds. The summed E-state index contributed by atoms with van der Waals surface area (Å²) < 4.78 is 11.5. The van der Waals surface area contributed by atoms with E-state index in [2.05, 4.69) is 48.3 Å². The number of guanidine groups is 1. The average molecular weight is 564 g/mol. The number of aromatic nitrogens is 2. The van der Waals surface area contributed by atoms with Crippen LogP contribution in [-0.4, -0.2) is 72.7 Å². The Hall–Kier alpha value is -2.37. The van der Waals surface area contributed by atoms with Gasteiger partial charge < -0.3 is 24.4 Å². The van der Waals surface area contributed by atoms with E-state index >= 15 is 0 Å². The van der Waals surface area contributed by atoms with E-state index in [1.54, 1.807) is 7.05 Å². The summed E-state index contributed by atoms with van der Waals surface area (Å²) in [4.78, 5) is 16.9. The van der Waals surface area contributed by atoms with Crippen LogP contribution in [0.3, 0.4) is 0 Å². The highest BCUT2D eigenvalue weighted by atomic mass is 127. The minimum Gasteiger partial charge on any atom is -0.465 e. The number of hydrogen-bond donors (Lipinski definition) is 2. The third-order valence-electron chi connectivity index (χ3n) is 5.70. The van der Waals surface area contributed by atoms with Crippen LogP contribution in [-0.2, 0) is 11.3 Å². The van der Waals surface area contributed by atoms with Crippen molar-refractivity contribution in [1.29, 1.82) is 0 Å². The van der Waals surface area contributed by atoms with Crippen molar-refractivity contribution < 1.29 is 9.15 Å². The number of morpholine rings is 1. The van der Waals surface area contributed by atoms with Crippen LogP contribution in [0.5, 0.6) is 0 Å². The summed E-state index contributed by atoms with van der Waals surface area (Å²) in [5, 5.41) is 3.52. The Bertz CT molecular complexity index is 1010. The second-order valence-corrected chi connectivity index (χ2v) is 8.01. The third-order valence-corrected chi connectivity index (χ3v) is 5.70. The van der Waals surface area contributed by atoms with Crippen LogP contribution >= 0.6 is 24.0 Å². The fraction of sp³-hybridized carbons (Fsp3) is 0.417. The minimum absolute atomic E-state index is 0. The molecule has 1 aromatic carbocycles. The normalized spacial score (nSPS) is 15.7. The van der Waals surface area contributed by atoms with Crippen LogP contribution < -0.4 is 5.32 Å². The van der Waals surface area contributed by atoms with Gasteiger partial charge in [0.15, 0.2) is 5.96 Å². The quantitative estimate of drug-likeness (QED) is 0.259. The van der Waals surface area contributed by atoms with E-state index in [4.69, 9.17) is 9.15 Å². The molecule has 9 heteroatoms. The van der Waals surface area contributed by atoms with Gasteiger partial charge in [-0.3, -0.25) is 9.89 Å². The van der Waals surface area contributed by atoms with E-state index in [9.17, 15) is 0 Å². The first-order valence-electron chi connectivity index (χ1n) is 11.0. The summed E-state index contributed by atoms with van der Waals surface area (Å²) in [6, 6.07) is 14.4. The molecule has 0 aliphatic carbocycles. The van der Waals surface area contributed by atoms with Gasteiger partial charge in [0.25, 0.3) is 0 Å². The number of benzene rings is 1. The van der Waals surface area contributed by atoms with Crippen molar-refractivity contribution in [1.82, 2.24) is 25.1 Å². The highest BCUT2D eigenvalue weighted by Gasteiger charge is 2.26. The summed E-state index contributed by atoms with van der Waals surface area (Å²) in [5.41, 5.74) is 2.14. The summed E-state index contributed by atoms with van der Waals surface area (Å²) in [6.07, 6.45) is 1.88. The van der Waals surface area contributed by atoms with Crippen LogP contribution in [0.15, 0.2) is 58.1 Å². The Kier molecular flexibility index (Phi) is 9.33. The van der Waals surface area contributed by atoms with Gasteiger partial charge in [-0.1, -0.05) is 30.3 Å². The van der Waals surface area contributed by atoms with E-state index in [-0.39, 0.29) is 30.0 Å². The zero-order chi connectivity index (χ0) is 22.3. The molecule has 4 rings (SSSR count). The Morgan fingerprint density at radius 3 is 2.64 bits per heavy atom. The molecule has 1 aliphatic heterocycles. The van der Waals surface area contributed by atoms with Crippen molar-refractivity contribution >= 4 is 29.9 Å². The topological polar surface area (TPSA) is 81.9 Å². The van der Waals surface area contributed by atoms with Crippen molar-refractivity contribution in [2.75, 3.05) is 46.9 Å². The van der Waals surface area contributed by atoms with Gasteiger partial charge in [-0.15, -0.1) is 24.0 Å².